The zero-order valence-electron chi connectivity index (χ0n) is 16.9. The average molecular weight is 401 g/mol. The second kappa shape index (κ2) is 9.00. The third kappa shape index (κ3) is 5.75. The number of hydrogen-bond acceptors (Lipinski definition) is 3. The molecule has 0 heterocycles. The number of para-hydroxylation sites is 1. The molecule has 150 valence electrons. The van der Waals surface area contributed by atoms with Crippen molar-refractivity contribution < 1.29 is 14.3 Å². The van der Waals surface area contributed by atoms with Gasteiger partial charge in [-0.05, 0) is 69.1 Å². The van der Waals surface area contributed by atoms with Crippen LogP contribution in [-0.2, 0) is 16.1 Å². The molecule has 0 saturated heterocycles. The first-order chi connectivity index (χ1) is 13.3. The lowest BCUT2D eigenvalue weighted by atomic mass is 9.94. The van der Waals surface area contributed by atoms with Crippen LogP contribution in [0.4, 0.5) is 0 Å². The van der Waals surface area contributed by atoms with Crippen molar-refractivity contribution in [2.45, 2.75) is 64.6 Å². The maximum Gasteiger partial charge on any atom is 0.306 e. The number of carbonyl (C=O) groups is 1. The molecule has 1 saturated carbocycles. The Labute approximate surface area is 173 Å². The first-order valence-corrected chi connectivity index (χ1v) is 10.4. The van der Waals surface area contributed by atoms with Crippen LogP contribution in [0.5, 0.6) is 5.75 Å². The number of rotatable bonds is 6. The molecule has 1 aliphatic rings. The standard InChI is InChI=1S/C24H29ClO3/c1-24(2,3)28-22(26)15-18-12-13-19(14-18)20-10-7-11-21(25)23(20)27-16-17-8-5-4-6-9-17/h4-11,18-19H,12-16H2,1-3H3. The Balaban J connectivity index is 1.65. The summed E-state index contributed by atoms with van der Waals surface area (Å²) in [6, 6.07) is 16.0. The van der Waals surface area contributed by atoms with Gasteiger partial charge < -0.3 is 9.47 Å². The van der Waals surface area contributed by atoms with E-state index in [0.717, 1.165) is 36.1 Å². The molecule has 2 aromatic rings. The molecule has 0 spiro atoms. The summed E-state index contributed by atoms with van der Waals surface area (Å²) in [6.45, 7) is 6.21. The number of halogens is 1. The molecule has 2 aromatic carbocycles. The molecule has 28 heavy (non-hydrogen) atoms. The van der Waals surface area contributed by atoms with E-state index in [4.69, 9.17) is 21.1 Å². The highest BCUT2D eigenvalue weighted by Crippen LogP contribution is 2.45. The lowest BCUT2D eigenvalue weighted by Crippen LogP contribution is -2.24. The monoisotopic (exact) mass is 400 g/mol. The van der Waals surface area contributed by atoms with Crippen LogP contribution < -0.4 is 4.74 Å². The van der Waals surface area contributed by atoms with Crippen molar-refractivity contribution >= 4 is 17.6 Å². The Kier molecular flexibility index (Phi) is 6.66. The maximum atomic E-state index is 12.2. The normalized spacial score (nSPS) is 19.4. The van der Waals surface area contributed by atoms with E-state index >= 15 is 0 Å². The Hall–Kier alpha value is -2.00. The van der Waals surface area contributed by atoms with E-state index < -0.39 is 5.60 Å². The highest BCUT2D eigenvalue weighted by atomic mass is 35.5. The van der Waals surface area contributed by atoms with Crippen LogP contribution in [0.25, 0.3) is 0 Å². The van der Waals surface area contributed by atoms with Crippen molar-refractivity contribution in [1.82, 2.24) is 0 Å². The van der Waals surface area contributed by atoms with Crippen LogP contribution in [0.3, 0.4) is 0 Å². The number of ether oxygens (including phenoxy) is 2. The van der Waals surface area contributed by atoms with E-state index in [1.165, 1.54) is 0 Å². The van der Waals surface area contributed by atoms with Gasteiger partial charge in [0, 0.05) is 6.42 Å². The van der Waals surface area contributed by atoms with Gasteiger partial charge in [-0.2, -0.15) is 0 Å². The molecule has 0 aliphatic heterocycles. The van der Waals surface area contributed by atoms with Crippen LogP contribution in [0, 0.1) is 5.92 Å². The van der Waals surface area contributed by atoms with Crippen molar-refractivity contribution in [2.75, 3.05) is 0 Å². The summed E-state index contributed by atoms with van der Waals surface area (Å²) >= 11 is 6.47. The highest BCUT2D eigenvalue weighted by Gasteiger charge is 2.31. The third-order valence-corrected chi connectivity index (χ3v) is 5.38. The summed E-state index contributed by atoms with van der Waals surface area (Å²) < 4.78 is 11.6. The van der Waals surface area contributed by atoms with Gasteiger partial charge in [0.15, 0.2) is 0 Å². The van der Waals surface area contributed by atoms with E-state index in [2.05, 4.69) is 6.07 Å². The molecule has 2 atom stereocenters. The van der Waals surface area contributed by atoms with E-state index in [1.54, 1.807) is 0 Å². The molecule has 4 heteroatoms. The lowest BCUT2D eigenvalue weighted by molar-refractivity contribution is -0.155. The van der Waals surface area contributed by atoms with Gasteiger partial charge in [-0.3, -0.25) is 4.79 Å². The molecular formula is C24H29ClO3. The summed E-state index contributed by atoms with van der Waals surface area (Å²) in [5, 5.41) is 0.643. The largest absolute Gasteiger partial charge is 0.487 e. The van der Waals surface area contributed by atoms with Crippen LogP contribution in [-0.4, -0.2) is 11.6 Å². The van der Waals surface area contributed by atoms with Gasteiger partial charge >= 0.3 is 5.97 Å². The van der Waals surface area contributed by atoms with Gasteiger partial charge in [0.05, 0.1) is 5.02 Å². The SMILES string of the molecule is CC(C)(C)OC(=O)CC1CCC(c2cccc(Cl)c2OCc2ccccc2)C1. The smallest absolute Gasteiger partial charge is 0.306 e. The zero-order valence-corrected chi connectivity index (χ0v) is 17.7. The quantitative estimate of drug-likeness (QED) is 0.517. The van der Waals surface area contributed by atoms with Gasteiger partial charge in [0.2, 0.25) is 0 Å². The number of carbonyl (C=O) groups excluding carboxylic acids is 1. The Morgan fingerprint density at radius 1 is 1.07 bits per heavy atom. The van der Waals surface area contributed by atoms with Crippen molar-refractivity contribution in [3.05, 3.63) is 64.7 Å². The molecule has 0 aromatic heterocycles. The maximum absolute atomic E-state index is 12.2. The van der Waals surface area contributed by atoms with Gasteiger partial charge in [-0.15, -0.1) is 0 Å². The summed E-state index contributed by atoms with van der Waals surface area (Å²) in [5.74, 6) is 1.37. The fraction of sp³-hybridized carbons (Fsp3) is 0.458. The summed E-state index contributed by atoms with van der Waals surface area (Å²) in [7, 11) is 0. The first kappa shape index (κ1) is 20.7. The molecule has 1 aliphatic carbocycles. The Morgan fingerprint density at radius 2 is 1.82 bits per heavy atom. The Bertz CT molecular complexity index is 795. The van der Waals surface area contributed by atoms with Crippen LogP contribution >= 0.6 is 11.6 Å². The summed E-state index contributed by atoms with van der Waals surface area (Å²) in [5.41, 5.74) is 1.83. The fourth-order valence-electron chi connectivity index (χ4n) is 3.89. The molecule has 3 rings (SSSR count). The molecule has 0 radical (unpaired) electrons. The molecular weight excluding hydrogens is 372 g/mol. The Morgan fingerprint density at radius 3 is 2.54 bits per heavy atom. The molecule has 0 N–H and O–H groups in total. The van der Waals surface area contributed by atoms with E-state index in [-0.39, 0.29) is 5.97 Å². The minimum Gasteiger partial charge on any atom is -0.487 e. The number of benzene rings is 2. The lowest BCUT2D eigenvalue weighted by Gasteiger charge is -2.21. The molecule has 0 amide bonds. The number of hydrogen-bond donors (Lipinski definition) is 0. The van der Waals surface area contributed by atoms with E-state index in [9.17, 15) is 4.79 Å². The van der Waals surface area contributed by atoms with Crippen molar-refractivity contribution in [1.29, 1.82) is 0 Å². The topological polar surface area (TPSA) is 35.5 Å². The second-order valence-corrected chi connectivity index (χ2v) is 9.01. The van der Waals surface area contributed by atoms with Gasteiger partial charge in [0.25, 0.3) is 0 Å². The zero-order chi connectivity index (χ0) is 20.1. The second-order valence-electron chi connectivity index (χ2n) is 8.60. The van der Waals surface area contributed by atoms with Gasteiger partial charge in [-0.25, -0.2) is 0 Å². The fourth-order valence-corrected chi connectivity index (χ4v) is 4.13. The van der Waals surface area contributed by atoms with Gasteiger partial charge in [-0.1, -0.05) is 54.1 Å². The predicted octanol–water partition coefficient (Wildman–Crippen LogP) is 6.53. The molecule has 0 bridgehead atoms. The van der Waals surface area contributed by atoms with Crippen LogP contribution in [0.15, 0.2) is 48.5 Å². The van der Waals surface area contributed by atoms with Crippen molar-refractivity contribution in [3.8, 4) is 5.75 Å². The van der Waals surface area contributed by atoms with E-state index in [0.29, 0.717) is 29.9 Å². The van der Waals surface area contributed by atoms with Crippen molar-refractivity contribution in [3.63, 3.8) is 0 Å². The van der Waals surface area contributed by atoms with Crippen LogP contribution in [0.2, 0.25) is 5.02 Å². The third-order valence-electron chi connectivity index (χ3n) is 5.08. The first-order valence-electron chi connectivity index (χ1n) is 9.99. The van der Waals surface area contributed by atoms with Crippen molar-refractivity contribution in [2.24, 2.45) is 5.92 Å². The number of esters is 1. The molecule has 1 fully saturated rings. The van der Waals surface area contributed by atoms with Crippen LogP contribution in [0.1, 0.15) is 63.5 Å². The highest BCUT2D eigenvalue weighted by molar-refractivity contribution is 6.32. The summed E-state index contributed by atoms with van der Waals surface area (Å²) in [4.78, 5) is 12.2. The molecule has 3 nitrogen and oxygen atoms in total. The summed E-state index contributed by atoms with van der Waals surface area (Å²) in [6.07, 6.45) is 3.50. The molecule has 2 unspecified atom stereocenters. The minimum absolute atomic E-state index is 0.107. The van der Waals surface area contributed by atoms with Gasteiger partial charge in [0.1, 0.15) is 18.0 Å². The van der Waals surface area contributed by atoms with E-state index in [1.807, 2.05) is 63.2 Å². The average Bonchev–Trinajstić information content (AvgIpc) is 3.08. The minimum atomic E-state index is -0.430. The predicted molar refractivity (Wildman–Crippen MR) is 113 cm³/mol.